The van der Waals surface area contributed by atoms with Gasteiger partial charge in [0.1, 0.15) is 5.82 Å². The molecule has 0 spiro atoms. The van der Waals surface area contributed by atoms with Crippen LogP contribution in [0.5, 0.6) is 0 Å². The molecule has 2 rings (SSSR count). The van der Waals surface area contributed by atoms with Crippen molar-refractivity contribution >= 4 is 17.4 Å². The zero-order valence-electron chi connectivity index (χ0n) is 11.1. The lowest BCUT2D eigenvalue weighted by Gasteiger charge is -2.17. The number of alkyl halides is 4. The monoisotopic (exact) mass is 314 g/mol. The predicted molar refractivity (Wildman–Crippen MR) is 77.5 cm³/mol. The molecule has 0 aliphatic rings. The van der Waals surface area contributed by atoms with E-state index in [0.29, 0.717) is 18.1 Å². The Kier molecular flexibility index (Phi) is 5.07. The van der Waals surface area contributed by atoms with Crippen molar-refractivity contribution in [1.82, 2.24) is 4.98 Å². The Morgan fingerprint density at radius 1 is 1.10 bits per heavy atom. The van der Waals surface area contributed by atoms with E-state index < -0.39 is 11.7 Å². The fourth-order valence-corrected chi connectivity index (χ4v) is 2.09. The molecule has 1 N–H and O–H groups in total. The highest BCUT2D eigenvalue weighted by atomic mass is 35.5. The topological polar surface area (TPSA) is 24.9 Å². The third-order valence-corrected chi connectivity index (χ3v) is 3.33. The minimum absolute atomic E-state index is 0.0988. The Balaban J connectivity index is 2.02. The molecule has 1 heterocycles. The Hall–Kier alpha value is -1.75. The van der Waals surface area contributed by atoms with Gasteiger partial charge in [-0.3, -0.25) is 0 Å². The number of anilines is 1. The lowest BCUT2D eigenvalue weighted by atomic mass is 10.1. The molecule has 1 aromatic heterocycles. The number of nitrogens with zero attached hydrogens (tertiary/aromatic N) is 1. The van der Waals surface area contributed by atoms with E-state index in [1.165, 1.54) is 6.07 Å². The number of aromatic nitrogens is 1. The first-order valence-corrected chi connectivity index (χ1v) is 6.92. The zero-order chi connectivity index (χ0) is 15.3. The number of pyridine rings is 1. The second kappa shape index (κ2) is 6.80. The minimum atomic E-state index is -4.37. The summed E-state index contributed by atoms with van der Waals surface area (Å²) in [5, 5.41) is 3.05. The highest BCUT2D eigenvalue weighted by Gasteiger charge is 2.30. The largest absolute Gasteiger partial charge is 0.417 e. The summed E-state index contributed by atoms with van der Waals surface area (Å²) in [5.74, 6) is 0.710. The standard InChI is InChI=1S/C15H14ClF3N2/c16-9-13(8-11-4-2-1-3-5-11)21-14-7-6-12(10-20-14)15(17,18)19/h1-7,10,13H,8-9H2,(H,20,21). The van der Waals surface area contributed by atoms with E-state index in [1.807, 2.05) is 30.3 Å². The summed E-state index contributed by atoms with van der Waals surface area (Å²) >= 11 is 5.90. The van der Waals surface area contributed by atoms with Crippen molar-refractivity contribution in [3.63, 3.8) is 0 Å². The van der Waals surface area contributed by atoms with Gasteiger partial charge in [0.05, 0.1) is 5.56 Å². The van der Waals surface area contributed by atoms with Crippen molar-refractivity contribution in [2.24, 2.45) is 0 Å². The van der Waals surface area contributed by atoms with E-state index in [9.17, 15) is 13.2 Å². The Morgan fingerprint density at radius 2 is 1.81 bits per heavy atom. The van der Waals surface area contributed by atoms with Gasteiger partial charge in [-0.15, -0.1) is 11.6 Å². The fourth-order valence-electron chi connectivity index (χ4n) is 1.90. The average Bonchev–Trinajstić information content (AvgIpc) is 2.47. The maximum Gasteiger partial charge on any atom is 0.417 e. The van der Waals surface area contributed by atoms with Gasteiger partial charge < -0.3 is 5.32 Å². The van der Waals surface area contributed by atoms with Crippen LogP contribution >= 0.6 is 11.6 Å². The molecule has 0 bridgehead atoms. The first-order valence-electron chi connectivity index (χ1n) is 6.38. The highest BCUT2D eigenvalue weighted by molar-refractivity contribution is 6.18. The second-order valence-corrected chi connectivity index (χ2v) is 4.92. The first-order chi connectivity index (χ1) is 9.99. The molecule has 1 atom stereocenters. The summed E-state index contributed by atoms with van der Waals surface area (Å²) in [6.07, 6.45) is -2.88. The van der Waals surface area contributed by atoms with E-state index in [0.717, 1.165) is 17.8 Å². The van der Waals surface area contributed by atoms with Gasteiger partial charge in [-0.2, -0.15) is 13.2 Å². The van der Waals surface area contributed by atoms with E-state index in [2.05, 4.69) is 10.3 Å². The molecule has 6 heteroatoms. The average molecular weight is 315 g/mol. The maximum atomic E-state index is 12.5. The molecular weight excluding hydrogens is 301 g/mol. The minimum Gasteiger partial charge on any atom is -0.366 e. The maximum absolute atomic E-state index is 12.5. The molecule has 2 nitrogen and oxygen atoms in total. The van der Waals surface area contributed by atoms with Gasteiger partial charge in [0, 0.05) is 18.1 Å². The Bertz CT molecular complexity index is 555. The number of hydrogen-bond donors (Lipinski definition) is 1. The van der Waals surface area contributed by atoms with Crippen LogP contribution in [0.1, 0.15) is 11.1 Å². The quantitative estimate of drug-likeness (QED) is 0.829. The zero-order valence-corrected chi connectivity index (χ0v) is 11.8. The van der Waals surface area contributed by atoms with Crippen molar-refractivity contribution < 1.29 is 13.2 Å². The van der Waals surface area contributed by atoms with Crippen molar-refractivity contribution in [2.45, 2.75) is 18.6 Å². The normalized spacial score (nSPS) is 13.0. The van der Waals surface area contributed by atoms with Crippen molar-refractivity contribution in [3.8, 4) is 0 Å². The van der Waals surface area contributed by atoms with Crippen LogP contribution < -0.4 is 5.32 Å². The molecular formula is C15H14ClF3N2. The van der Waals surface area contributed by atoms with Crippen LogP contribution in [-0.4, -0.2) is 16.9 Å². The van der Waals surface area contributed by atoms with E-state index in [4.69, 9.17) is 11.6 Å². The molecule has 2 aromatic rings. The van der Waals surface area contributed by atoms with E-state index in [1.54, 1.807) is 0 Å². The van der Waals surface area contributed by atoms with Gasteiger partial charge in [-0.05, 0) is 24.1 Å². The van der Waals surface area contributed by atoms with Gasteiger partial charge in [-0.1, -0.05) is 30.3 Å². The summed E-state index contributed by atoms with van der Waals surface area (Å²) in [7, 11) is 0. The molecule has 112 valence electrons. The van der Waals surface area contributed by atoms with E-state index >= 15 is 0 Å². The molecule has 0 saturated heterocycles. The molecule has 0 aliphatic heterocycles. The molecule has 21 heavy (non-hydrogen) atoms. The first kappa shape index (κ1) is 15.6. The molecule has 0 aliphatic carbocycles. The molecule has 1 unspecified atom stereocenters. The highest BCUT2D eigenvalue weighted by Crippen LogP contribution is 2.28. The van der Waals surface area contributed by atoms with Crippen molar-refractivity contribution in [3.05, 3.63) is 59.8 Å². The van der Waals surface area contributed by atoms with Crippen molar-refractivity contribution in [2.75, 3.05) is 11.2 Å². The number of benzene rings is 1. The number of halogens is 4. The predicted octanol–water partition coefficient (Wildman–Crippen LogP) is 4.36. The number of rotatable bonds is 5. The Morgan fingerprint density at radius 3 is 2.33 bits per heavy atom. The fraction of sp³-hybridized carbons (Fsp3) is 0.267. The van der Waals surface area contributed by atoms with E-state index in [-0.39, 0.29) is 6.04 Å². The summed E-state index contributed by atoms with van der Waals surface area (Å²) in [4.78, 5) is 3.78. The van der Waals surface area contributed by atoms with Crippen molar-refractivity contribution in [1.29, 1.82) is 0 Å². The van der Waals surface area contributed by atoms with Gasteiger partial charge in [0.15, 0.2) is 0 Å². The van der Waals surface area contributed by atoms with Crippen LogP contribution in [0.2, 0.25) is 0 Å². The number of hydrogen-bond acceptors (Lipinski definition) is 2. The summed E-state index contributed by atoms with van der Waals surface area (Å²) in [6.45, 7) is 0. The lowest BCUT2D eigenvalue weighted by Crippen LogP contribution is -2.24. The number of nitrogens with one attached hydrogen (secondary N) is 1. The third-order valence-electron chi connectivity index (χ3n) is 2.95. The smallest absolute Gasteiger partial charge is 0.366 e. The second-order valence-electron chi connectivity index (χ2n) is 4.62. The van der Waals surface area contributed by atoms with Crippen LogP contribution in [0.25, 0.3) is 0 Å². The van der Waals surface area contributed by atoms with Crippen LogP contribution in [0.3, 0.4) is 0 Å². The van der Waals surface area contributed by atoms with Gasteiger partial charge in [0.25, 0.3) is 0 Å². The summed E-state index contributed by atoms with van der Waals surface area (Å²) in [5.41, 5.74) is 0.334. The third kappa shape index (κ3) is 4.63. The van der Waals surface area contributed by atoms with Crippen LogP contribution in [0.15, 0.2) is 48.7 Å². The van der Waals surface area contributed by atoms with Gasteiger partial charge in [0.2, 0.25) is 0 Å². The molecule has 0 amide bonds. The van der Waals surface area contributed by atoms with Crippen LogP contribution in [0, 0.1) is 0 Å². The van der Waals surface area contributed by atoms with Crippen LogP contribution in [-0.2, 0) is 12.6 Å². The van der Waals surface area contributed by atoms with Gasteiger partial charge >= 0.3 is 6.18 Å². The lowest BCUT2D eigenvalue weighted by molar-refractivity contribution is -0.137. The van der Waals surface area contributed by atoms with Gasteiger partial charge in [-0.25, -0.2) is 4.98 Å². The molecule has 0 radical (unpaired) electrons. The molecule has 0 fully saturated rings. The molecule has 0 saturated carbocycles. The summed E-state index contributed by atoms with van der Waals surface area (Å²) in [6, 6.07) is 11.9. The SMILES string of the molecule is FC(F)(F)c1ccc(NC(CCl)Cc2ccccc2)nc1. The summed E-state index contributed by atoms with van der Waals surface area (Å²) < 4.78 is 37.4. The molecule has 1 aromatic carbocycles. The van der Waals surface area contributed by atoms with Crippen LogP contribution in [0.4, 0.5) is 19.0 Å². The Labute approximate surface area is 126 Å².